The summed E-state index contributed by atoms with van der Waals surface area (Å²) in [5, 5.41) is 0. The molecule has 0 radical (unpaired) electrons. The number of rotatable bonds is 9. The van der Waals surface area contributed by atoms with Crippen molar-refractivity contribution < 1.29 is 13.2 Å². The molecule has 21 heavy (non-hydrogen) atoms. The van der Waals surface area contributed by atoms with Gasteiger partial charge in [0.15, 0.2) is 0 Å². The molecule has 2 rings (SSSR count). The normalized spacial score (nSPS) is 15.8. The van der Waals surface area contributed by atoms with Crippen LogP contribution < -0.4 is 5.73 Å². The Balaban J connectivity index is 2.28. The maximum absolute atomic E-state index is 12.8. The molecule has 6 nitrogen and oxygen atoms in total. The molecule has 0 atom stereocenters. The average molecular weight is 315 g/mol. The van der Waals surface area contributed by atoms with Gasteiger partial charge in [0.1, 0.15) is 4.90 Å². The predicted molar refractivity (Wildman–Crippen MR) is 81.4 cm³/mol. The first-order valence-corrected chi connectivity index (χ1v) is 8.88. The zero-order valence-corrected chi connectivity index (χ0v) is 13.6. The summed E-state index contributed by atoms with van der Waals surface area (Å²) < 4.78 is 34.2. The Morgan fingerprint density at radius 3 is 2.71 bits per heavy atom. The summed E-state index contributed by atoms with van der Waals surface area (Å²) >= 11 is 0. The van der Waals surface area contributed by atoms with Crippen molar-refractivity contribution in [2.24, 2.45) is 5.73 Å². The van der Waals surface area contributed by atoms with Crippen molar-refractivity contribution in [3.63, 3.8) is 0 Å². The second kappa shape index (κ2) is 6.91. The van der Waals surface area contributed by atoms with E-state index in [0.29, 0.717) is 24.6 Å². The molecule has 1 saturated carbocycles. The summed E-state index contributed by atoms with van der Waals surface area (Å²) in [6.07, 6.45) is 4.52. The SMILES string of the molecule is CCCn1cc(S(=O)(=O)N(CCOC)C2CC2)cc1CN. The fourth-order valence-electron chi connectivity index (χ4n) is 2.47. The molecule has 1 aliphatic rings. The van der Waals surface area contributed by atoms with Crippen LogP contribution in [0.5, 0.6) is 0 Å². The minimum Gasteiger partial charge on any atom is -0.383 e. The lowest BCUT2D eigenvalue weighted by molar-refractivity contribution is 0.177. The third-order valence-electron chi connectivity index (χ3n) is 3.71. The highest BCUT2D eigenvalue weighted by Crippen LogP contribution is 2.32. The molecule has 7 heteroatoms. The van der Waals surface area contributed by atoms with Crippen LogP contribution in [0.4, 0.5) is 0 Å². The predicted octanol–water partition coefficient (Wildman–Crippen LogP) is 1.16. The van der Waals surface area contributed by atoms with Gasteiger partial charge >= 0.3 is 0 Å². The molecule has 0 aromatic carbocycles. The van der Waals surface area contributed by atoms with E-state index in [-0.39, 0.29) is 6.04 Å². The number of ether oxygens (including phenoxy) is 1. The molecular formula is C14H25N3O3S. The van der Waals surface area contributed by atoms with Crippen LogP contribution in [0.15, 0.2) is 17.2 Å². The first kappa shape index (κ1) is 16.5. The minimum atomic E-state index is -3.46. The third-order valence-corrected chi connectivity index (χ3v) is 5.63. The first-order valence-electron chi connectivity index (χ1n) is 7.44. The molecule has 0 bridgehead atoms. The largest absolute Gasteiger partial charge is 0.383 e. The summed E-state index contributed by atoms with van der Waals surface area (Å²) in [6, 6.07) is 1.83. The molecule has 1 heterocycles. The Bertz CT molecular complexity index is 564. The maximum Gasteiger partial charge on any atom is 0.244 e. The standard InChI is InChI=1S/C14H25N3O3S/c1-3-6-16-11-14(9-13(16)10-15)21(18,19)17(7-8-20-2)12-4-5-12/h9,11-12H,3-8,10,15H2,1-2H3. The minimum absolute atomic E-state index is 0.126. The van der Waals surface area contributed by atoms with Gasteiger partial charge in [-0.05, 0) is 25.3 Å². The third kappa shape index (κ3) is 3.66. The van der Waals surface area contributed by atoms with Crippen LogP contribution >= 0.6 is 0 Å². The zero-order valence-electron chi connectivity index (χ0n) is 12.8. The molecular weight excluding hydrogens is 290 g/mol. The van der Waals surface area contributed by atoms with Gasteiger partial charge in [-0.25, -0.2) is 8.42 Å². The molecule has 2 N–H and O–H groups in total. The summed E-state index contributed by atoms with van der Waals surface area (Å²) in [6.45, 7) is 4.00. The summed E-state index contributed by atoms with van der Waals surface area (Å²) in [5.41, 5.74) is 6.58. The molecule has 120 valence electrons. The number of aromatic nitrogens is 1. The topological polar surface area (TPSA) is 77.6 Å². The van der Waals surface area contributed by atoms with Crippen LogP contribution in [0.3, 0.4) is 0 Å². The lowest BCUT2D eigenvalue weighted by Crippen LogP contribution is -2.35. The van der Waals surface area contributed by atoms with E-state index in [9.17, 15) is 8.42 Å². The Kier molecular flexibility index (Phi) is 5.43. The van der Waals surface area contributed by atoms with E-state index < -0.39 is 10.0 Å². The highest BCUT2D eigenvalue weighted by molar-refractivity contribution is 7.89. The van der Waals surface area contributed by atoms with E-state index in [4.69, 9.17) is 10.5 Å². The fourth-order valence-corrected chi connectivity index (χ4v) is 4.20. The monoisotopic (exact) mass is 315 g/mol. The van der Waals surface area contributed by atoms with Crippen molar-refractivity contribution in [1.29, 1.82) is 0 Å². The summed E-state index contributed by atoms with van der Waals surface area (Å²) in [7, 11) is -1.88. The van der Waals surface area contributed by atoms with Crippen LogP contribution in [0.25, 0.3) is 0 Å². The number of hydrogen-bond acceptors (Lipinski definition) is 4. The van der Waals surface area contributed by atoms with Crippen LogP contribution in [0.1, 0.15) is 31.9 Å². The smallest absolute Gasteiger partial charge is 0.244 e. The molecule has 1 aliphatic carbocycles. The van der Waals surface area contributed by atoms with Crippen molar-refractivity contribution >= 4 is 10.0 Å². The Hall–Kier alpha value is -0.890. The van der Waals surface area contributed by atoms with Gasteiger partial charge in [0.05, 0.1) is 6.61 Å². The van der Waals surface area contributed by atoms with E-state index >= 15 is 0 Å². The van der Waals surface area contributed by atoms with Crippen LogP contribution in [-0.2, 0) is 27.8 Å². The Labute approximate surface area is 126 Å². The quantitative estimate of drug-likeness (QED) is 0.742. The summed E-state index contributed by atoms with van der Waals surface area (Å²) in [4.78, 5) is 0.347. The second-order valence-electron chi connectivity index (χ2n) is 5.40. The van der Waals surface area contributed by atoms with Crippen LogP contribution in [0, 0.1) is 0 Å². The molecule has 0 aliphatic heterocycles. The van der Waals surface area contributed by atoms with Gasteiger partial charge in [0, 0.05) is 44.7 Å². The van der Waals surface area contributed by atoms with E-state index in [0.717, 1.165) is 31.5 Å². The number of methoxy groups -OCH3 is 1. The van der Waals surface area contributed by atoms with Crippen molar-refractivity contribution in [1.82, 2.24) is 8.87 Å². The fraction of sp³-hybridized carbons (Fsp3) is 0.714. The van der Waals surface area contributed by atoms with Crippen molar-refractivity contribution in [3.8, 4) is 0 Å². The molecule has 0 amide bonds. The van der Waals surface area contributed by atoms with Crippen molar-refractivity contribution in [2.75, 3.05) is 20.3 Å². The lowest BCUT2D eigenvalue weighted by Gasteiger charge is -2.20. The number of hydrogen-bond donors (Lipinski definition) is 1. The van der Waals surface area contributed by atoms with E-state index in [1.165, 1.54) is 0 Å². The van der Waals surface area contributed by atoms with Gasteiger partial charge in [-0.3, -0.25) is 0 Å². The van der Waals surface area contributed by atoms with E-state index in [2.05, 4.69) is 6.92 Å². The molecule has 1 aromatic heterocycles. The summed E-state index contributed by atoms with van der Waals surface area (Å²) in [5.74, 6) is 0. The van der Waals surface area contributed by atoms with Gasteiger partial charge in [-0.15, -0.1) is 0 Å². The van der Waals surface area contributed by atoms with E-state index in [1.807, 2.05) is 4.57 Å². The number of nitrogens with two attached hydrogens (primary N) is 1. The molecule has 0 unspecified atom stereocenters. The Morgan fingerprint density at radius 2 is 2.19 bits per heavy atom. The Morgan fingerprint density at radius 1 is 1.48 bits per heavy atom. The lowest BCUT2D eigenvalue weighted by atomic mass is 10.4. The van der Waals surface area contributed by atoms with Gasteiger partial charge in [-0.2, -0.15) is 4.31 Å². The van der Waals surface area contributed by atoms with Crippen LogP contribution in [0.2, 0.25) is 0 Å². The number of sulfonamides is 1. The highest BCUT2D eigenvalue weighted by atomic mass is 32.2. The second-order valence-corrected chi connectivity index (χ2v) is 7.29. The molecule has 0 saturated heterocycles. The van der Waals surface area contributed by atoms with Crippen molar-refractivity contribution in [3.05, 3.63) is 18.0 Å². The maximum atomic E-state index is 12.8. The average Bonchev–Trinajstić information content (AvgIpc) is 3.19. The van der Waals surface area contributed by atoms with Gasteiger partial charge in [-0.1, -0.05) is 6.92 Å². The number of aryl methyl sites for hydroxylation is 1. The van der Waals surface area contributed by atoms with Crippen molar-refractivity contribution in [2.45, 2.75) is 50.2 Å². The van der Waals surface area contributed by atoms with Gasteiger partial charge in [0.2, 0.25) is 10.0 Å². The van der Waals surface area contributed by atoms with E-state index in [1.54, 1.807) is 23.7 Å². The molecule has 1 fully saturated rings. The first-order chi connectivity index (χ1) is 10.0. The van der Waals surface area contributed by atoms with Gasteiger partial charge in [0.25, 0.3) is 0 Å². The van der Waals surface area contributed by atoms with Crippen LogP contribution in [-0.4, -0.2) is 43.6 Å². The highest BCUT2D eigenvalue weighted by Gasteiger charge is 2.38. The molecule has 0 spiro atoms. The number of nitrogens with zero attached hydrogens (tertiary/aromatic N) is 2. The zero-order chi connectivity index (χ0) is 15.5. The van der Waals surface area contributed by atoms with Gasteiger partial charge < -0.3 is 15.0 Å². The molecule has 1 aromatic rings.